The van der Waals surface area contributed by atoms with Crippen molar-refractivity contribution in [3.63, 3.8) is 0 Å². The SMILES string of the molecule is CCCCCCCC(=O)OCC(COC(=O)CCCCCCC)OC(=O)CCC[NH2+]CCCC(=O)OC(COC(=O)CCCCCCC)COC(=O)CCCCCCC. The minimum Gasteiger partial charge on any atom is -0.462 e. The number of hydrogen-bond acceptors (Lipinski definition) is 12. The number of carbonyl (C=O) groups is 6. The van der Waals surface area contributed by atoms with Crippen molar-refractivity contribution in [2.45, 2.75) is 220 Å². The largest absolute Gasteiger partial charge is 0.462 e. The van der Waals surface area contributed by atoms with Crippen LogP contribution in [-0.4, -0.2) is 87.5 Å². The van der Waals surface area contributed by atoms with Gasteiger partial charge in [0.15, 0.2) is 12.2 Å². The van der Waals surface area contributed by atoms with Crippen molar-refractivity contribution >= 4 is 35.8 Å². The van der Waals surface area contributed by atoms with E-state index in [-0.39, 0.29) is 63.1 Å². The molecular formula is C46H84NO12+. The predicted molar refractivity (Wildman–Crippen MR) is 227 cm³/mol. The molecule has 0 aromatic carbocycles. The molecule has 0 bridgehead atoms. The number of carbonyl (C=O) groups excluding carboxylic acids is 6. The van der Waals surface area contributed by atoms with Crippen LogP contribution in [0.4, 0.5) is 0 Å². The highest BCUT2D eigenvalue weighted by atomic mass is 16.6. The number of ether oxygens (including phenoxy) is 6. The molecular weight excluding hydrogens is 759 g/mol. The first kappa shape index (κ1) is 55.8. The van der Waals surface area contributed by atoms with E-state index in [4.69, 9.17) is 28.4 Å². The normalized spacial score (nSPS) is 11.1. The van der Waals surface area contributed by atoms with Gasteiger partial charge in [-0.15, -0.1) is 0 Å². The molecule has 59 heavy (non-hydrogen) atoms. The Bertz CT molecular complexity index is 942. The summed E-state index contributed by atoms with van der Waals surface area (Å²) in [5.74, 6) is -2.40. The molecule has 0 saturated carbocycles. The molecule has 0 aliphatic rings. The van der Waals surface area contributed by atoms with Gasteiger partial charge in [-0.3, -0.25) is 28.8 Å². The fourth-order valence-corrected chi connectivity index (χ4v) is 6.17. The van der Waals surface area contributed by atoms with Crippen LogP contribution in [0.3, 0.4) is 0 Å². The van der Waals surface area contributed by atoms with Crippen LogP contribution in [0.15, 0.2) is 0 Å². The Morgan fingerprint density at radius 2 is 0.559 bits per heavy atom. The maximum atomic E-state index is 12.7. The molecule has 0 aromatic heterocycles. The molecule has 0 spiro atoms. The Labute approximate surface area is 356 Å². The highest BCUT2D eigenvalue weighted by molar-refractivity contribution is 5.72. The number of unbranched alkanes of at least 4 members (excludes halogenated alkanes) is 16. The van der Waals surface area contributed by atoms with Crippen molar-refractivity contribution in [1.82, 2.24) is 0 Å². The highest BCUT2D eigenvalue weighted by Gasteiger charge is 2.21. The van der Waals surface area contributed by atoms with E-state index in [9.17, 15) is 28.8 Å². The van der Waals surface area contributed by atoms with Gasteiger partial charge in [-0.2, -0.15) is 0 Å². The van der Waals surface area contributed by atoms with Crippen LogP contribution in [0.25, 0.3) is 0 Å². The Kier molecular flexibility index (Phi) is 39.2. The van der Waals surface area contributed by atoms with Crippen molar-refractivity contribution in [3.05, 3.63) is 0 Å². The van der Waals surface area contributed by atoms with E-state index in [1.807, 2.05) is 5.32 Å². The molecule has 13 nitrogen and oxygen atoms in total. The van der Waals surface area contributed by atoms with Crippen LogP contribution in [-0.2, 0) is 57.2 Å². The van der Waals surface area contributed by atoms with Gasteiger partial charge < -0.3 is 33.7 Å². The number of esters is 6. The third-order valence-electron chi connectivity index (χ3n) is 9.83. The zero-order valence-electron chi connectivity index (χ0n) is 37.7. The summed E-state index contributed by atoms with van der Waals surface area (Å²) in [4.78, 5) is 74.6. The van der Waals surface area contributed by atoms with Crippen molar-refractivity contribution in [1.29, 1.82) is 0 Å². The van der Waals surface area contributed by atoms with Gasteiger partial charge in [0.1, 0.15) is 26.4 Å². The lowest BCUT2D eigenvalue weighted by molar-refractivity contribution is -0.655. The third-order valence-corrected chi connectivity index (χ3v) is 9.83. The van der Waals surface area contributed by atoms with Crippen molar-refractivity contribution < 1.29 is 62.5 Å². The van der Waals surface area contributed by atoms with Gasteiger partial charge in [0, 0.05) is 38.5 Å². The lowest BCUT2D eigenvalue weighted by Gasteiger charge is -2.18. The lowest BCUT2D eigenvalue weighted by atomic mass is 10.1. The molecule has 0 fully saturated rings. The highest BCUT2D eigenvalue weighted by Crippen LogP contribution is 2.11. The van der Waals surface area contributed by atoms with Crippen LogP contribution in [0, 0.1) is 0 Å². The summed E-state index contributed by atoms with van der Waals surface area (Å²) in [6.07, 6.45) is 20.7. The van der Waals surface area contributed by atoms with Gasteiger partial charge in [0.25, 0.3) is 0 Å². The first-order valence-electron chi connectivity index (χ1n) is 23.5. The Hall–Kier alpha value is -3.22. The second-order valence-corrected chi connectivity index (χ2v) is 15.7. The zero-order valence-corrected chi connectivity index (χ0v) is 37.7. The molecule has 344 valence electrons. The smallest absolute Gasteiger partial charge is 0.306 e. The second-order valence-electron chi connectivity index (χ2n) is 15.7. The first-order chi connectivity index (χ1) is 28.6. The minimum atomic E-state index is -0.882. The van der Waals surface area contributed by atoms with Crippen LogP contribution in [0.2, 0.25) is 0 Å². The molecule has 0 aliphatic carbocycles. The molecule has 2 N–H and O–H groups in total. The lowest BCUT2D eigenvalue weighted by Crippen LogP contribution is -2.84. The van der Waals surface area contributed by atoms with Gasteiger partial charge in [0.2, 0.25) is 0 Å². The van der Waals surface area contributed by atoms with Crippen molar-refractivity contribution in [3.8, 4) is 0 Å². The van der Waals surface area contributed by atoms with Crippen molar-refractivity contribution in [2.24, 2.45) is 0 Å². The van der Waals surface area contributed by atoms with E-state index < -0.39 is 24.1 Å². The molecule has 0 aliphatic heterocycles. The summed E-state index contributed by atoms with van der Waals surface area (Å²) in [7, 11) is 0. The third kappa shape index (κ3) is 38.7. The average Bonchev–Trinajstić information content (AvgIpc) is 3.22. The van der Waals surface area contributed by atoms with E-state index in [0.29, 0.717) is 51.6 Å². The fourth-order valence-electron chi connectivity index (χ4n) is 6.17. The quantitative estimate of drug-likeness (QED) is 0.0353. The van der Waals surface area contributed by atoms with Gasteiger partial charge in [-0.1, -0.05) is 130 Å². The Balaban J connectivity index is 4.72. The average molecular weight is 843 g/mol. The fraction of sp³-hybridized carbons (Fsp3) is 0.870. The summed E-state index contributed by atoms with van der Waals surface area (Å²) in [5, 5.41) is 1.99. The van der Waals surface area contributed by atoms with E-state index in [1.165, 1.54) is 0 Å². The molecule has 0 rings (SSSR count). The summed E-state index contributed by atoms with van der Waals surface area (Å²) >= 11 is 0. The Morgan fingerprint density at radius 1 is 0.322 bits per heavy atom. The van der Waals surface area contributed by atoms with E-state index in [0.717, 1.165) is 128 Å². The van der Waals surface area contributed by atoms with Crippen LogP contribution in [0.5, 0.6) is 0 Å². The monoisotopic (exact) mass is 843 g/mol. The van der Waals surface area contributed by atoms with Gasteiger partial charge >= 0.3 is 35.8 Å². The van der Waals surface area contributed by atoms with Crippen molar-refractivity contribution in [2.75, 3.05) is 39.5 Å². The molecule has 0 heterocycles. The van der Waals surface area contributed by atoms with Gasteiger partial charge in [0.05, 0.1) is 25.9 Å². The van der Waals surface area contributed by atoms with Gasteiger partial charge in [-0.25, -0.2) is 0 Å². The second kappa shape index (κ2) is 41.5. The predicted octanol–water partition coefficient (Wildman–Crippen LogP) is 8.55. The number of rotatable bonds is 42. The summed E-state index contributed by atoms with van der Waals surface area (Å²) in [5.41, 5.74) is 0. The molecule has 0 radical (unpaired) electrons. The van der Waals surface area contributed by atoms with E-state index in [2.05, 4.69) is 27.7 Å². The van der Waals surface area contributed by atoms with Crippen LogP contribution in [0.1, 0.15) is 207 Å². The summed E-state index contributed by atoms with van der Waals surface area (Å²) in [6.45, 7) is 9.07. The molecule has 0 amide bonds. The minimum absolute atomic E-state index is 0.127. The number of nitrogens with two attached hydrogens (primary N) is 1. The van der Waals surface area contributed by atoms with Crippen LogP contribution < -0.4 is 5.32 Å². The molecule has 0 aromatic rings. The number of quaternary nitrogens is 1. The molecule has 0 atom stereocenters. The molecule has 0 saturated heterocycles. The summed E-state index contributed by atoms with van der Waals surface area (Å²) < 4.78 is 32.7. The molecule has 13 heteroatoms. The van der Waals surface area contributed by atoms with Crippen LogP contribution >= 0.6 is 0 Å². The molecule has 0 unspecified atom stereocenters. The van der Waals surface area contributed by atoms with Gasteiger partial charge in [-0.05, 0) is 25.7 Å². The number of hydrogen-bond donors (Lipinski definition) is 1. The van der Waals surface area contributed by atoms with E-state index >= 15 is 0 Å². The zero-order chi connectivity index (χ0) is 43.6. The summed E-state index contributed by atoms with van der Waals surface area (Å²) in [6, 6.07) is 0. The maximum Gasteiger partial charge on any atom is 0.306 e. The Morgan fingerprint density at radius 3 is 0.814 bits per heavy atom. The topological polar surface area (TPSA) is 174 Å². The standard InChI is InChI=1S/C46H83NO12/c1-5-9-13-17-21-27-41(48)54-35-39(36-55-42(49)28-22-18-14-10-6-2)58-45(52)31-25-33-47-34-26-32-46(53)59-40(37-56-43(50)29-23-19-15-11-7-3)38-57-44(51)30-24-20-16-12-8-4/h39-40,47H,5-38H2,1-4H3/p+1. The van der Waals surface area contributed by atoms with E-state index in [1.54, 1.807) is 0 Å². The maximum absolute atomic E-state index is 12.7. The first-order valence-corrected chi connectivity index (χ1v) is 23.5.